The van der Waals surface area contributed by atoms with E-state index >= 15 is 0 Å². The van der Waals surface area contributed by atoms with Crippen LogP contribution in [0.3, 0.4) is 0 Å². The summed E-state index contributed by atoms with van der Waals surface area (Å²) in [5, 5.41) is 9.44. The SMILES string of the molecule is Cc1nn(Cc2ccc(C(F)(F)F)cc2)c(C)c1C(=O)Nc1nc(-c2ccccn2)cs1. The number of alkyl halides is 3. The van der Waals surface area contributed by atoms with Gasteiger partial charge in [-0.2, -0.15) is 18.3 Å². The van der Waals surface area contributed by atoms with E-state index in [4.69, 9.17) is 0 Å². The Kier molecular flexibility index (Phi) is 5.79. The number of hydrogen-bond donors (Lipinski definition) is 1. The summed E-state index contributed by atoms with van der Waals surface area (Å²) >= 11 is 1.29. The third-order valence-electron chi connectivity index (χ3n) is 4.87. The maximum Gasteiger partial charge on any atom is 0.416 e. The lowest BCUT2D eigenvalue weighted by Crippen LogP contribution is -2.14. The summed E-state index contributed by atoms with van der Waals surface area (Å²) in [5.41, 5.74) is 2.86. The lowest BCUT2D eigenvalue weighted by Gasteiger charge is -2.09. The molecule has 164 valence electrons. The number of thiazole rings is 1. The number of rotatable bonds is 5. The highest BCUT2D eigenvalue weighted by Crippen LogP contribution is 2.29. The monoisotopic (exact) mass is 457 g/mol. The van der Waals surface area contributed by atoms with Crippen molar-refractivity contribution in [1.29, 1.82) is 0 Å². The minimum Gasteiger partial charge on any atom is -0.298 e. The van der Waals surface area contributed by atoms with E-state index in [1.165, 1.54) is 23.5 Å². The highest BCUT2D eigenvalue weighted by molar-refractivity contribution is 7.14. The summed E-state index contributed by atoms with van der Waals surface area (Å²) in [6.45, 7) is 3.71. The number of carbonyl (C=O) groups is 1. The molecular formula is C22H18F3N5OS. The Morgan fingerprint density at radius 3 is 2.50 bits per heavy atom. The number of nitrogens with one attached hydrogen (secondary N) is 1. The van der Waals surface area contributed by atoms with Gasteiger partial charge in [0.1, 0.15) is 5.69 Å². The molecule has 0 fully saturated rings. The van der Waals surface area contributed by atoms with Crippen LogP contribution in [0.2, 0.25) is 0 Å². The van der Waals surface area contributed by atoms with Gasteiger partial charge in [0, 0.05) is 17.3 Å². The number of carbonyl (C=O) groups excluding carboxylic acids is 1. The normalized spacial score (nSPS) is 11.5. The fraction of sp³-hybridized carbons (Fsp3) is 0.182. The Morgan fingerprint density at radius 2 is 1.84 bits per heavy atom. The first kappa shape index (κ1) is 21.7. The Balaban J connectivity index is 1.50. The van der Waals surface area contributed by atoms with Crippen molar-refractivity contribution in [3.8, 4) is 11.4 Å². The van der Waals surface area contributed by atoms with Gasteiger partial charge in [0.15, 0.2) is 5.13 Å². The number of halogens is 3. The summed E-state index contributed by atoms with van der Waals surface area (Å²) in [5.74, 6) is -0.347. The molecular weight excluding hydrogens is 439 g/mol. The zero-order valence-corrected chi connectivity index (χ0v) is 18.0. The zero-order valence-electron chi connectivity index (χ0n) is 17.1. The predicted octanol–water partition coefficient (Wildman–Crippen LogP) is 5.34. The summed E-state index contributed by atoms with van der Waals surface area (Å²) in [4.78, 5) is 21.5. The number of aryl methyl sites for hydroxylation is 1. The van der Waals surface area contributed by atoms with Crippen molar-refractivity contribution in [3.05, 3.63) is 82.1 Å². The van der Waals surface area contributed by atoms with Gasteiger partial charge in [-0.1, -0.05) is 18.2 Å². The lowest BCUT2D eigenvalue weighted by atomic mass is 10.1. The predicted molar refractivity (Wildman–Crippen MR) is 116 cm³/mol. The largest absolute Gasteiger partial charge is 0.416 e. The molecule has 0 aliphatic heterocycles. The standard InChI is InChI=1S/C22H18F3N5OS/c1-13-19(20(31)28-21-27-18(12-32-21)17-5-3-4-10-26-17)14(2)30(29-13)11-15-6-8-16(9-7-15)22(23,24)25/h3-10,12H,11H2,1-2H3,(H,27,28,31). The smallest absolute Gasteiger partial charge is 0.298 e. The molecule has 0 aliphatic carbocycles. The van der Waals surface area contributed by atoms with Crippen molar-refractivity contribution in [2.24, 2.45) is 0 Å². The van der Waals surface area contributed by atoms with Crippen LogP contribution in [-0.2, 0) is 12.7 Å². The van der Waals surface area contributed by atoms with Crippen molar-refractivity contribution in [1.82, 2.24) is 19.7 Å². The first-order chi connectivity index (χ1) is 15.2. The summed E-state index contributed by atoms with van der Waals surface area (Å²) in [7, 11) is 0. The van der Waals surface area contributed by atoms with Crippen LogP contribution < -0.4 is 5.32 Å². The van der Waals surface area contributed by atoms with Crippen LogP contribution in [0.1, 0.15) is 32.9 Å². The Labute approximate surface area is 185 Å². The average Bonchev–Trinajstić information content (AvgIpc) is 3.32. The van der Waals surface area contributed by atoms with Gasteiger partial charge >= 0.3 is 6.18 Å². The molecule has 0 unspecified atom stereocenters. The molecule has 32 heavy (non-hydrogen) atoms. The number of amides is 1. The number of hydrogen-bond acceptors (Lipinski definition) is 5. The van der Waals surface area contributed by atoms with Crippen LogP contribution in [0.15, 0.2) is 54.0 Å². The minimum atomic E-state index is -4.38. The van der Waals surface area contributed by atoms with Crippen molar-refractivity contribution < 1.29 is 18.0 Å². The fourth-order valence-electron chi connectivity index (χ4n) is 3.27. The highest BCUT2D eigenvalue weighted by Gasteiger charge is 2.30. The van der Waals surface area contributed by atoms with Crippen molar-refractivity contribution in [2.75, 3.05) is 5.32 Å². The lowest BCUT2D eigenvalue weighted by molar-refractivity contribution is -0.137. The van der Waals surface area contributed by atoms with Crippen molar-refractivity contribution in [3.63, 3.8) is 0 Å². The van der Waals surface area contributed by atoms with Crippen LogP contribution >= 0.6 is 11.3 Å². The molecule has 4 rings (SSSR count). The van der Waals surface area contributed by atoms with Gasteiger partial charge < -0.3 is 0 Å². The highest BCUT2D eigenvalue weighted by atomic mass is 32.1. The van der Waals surface area contributed by atoms with E-state index in [1.807, 2.05) is 23.6 Å². The molecule has 3 heterocycles. The van der Waals surface area contributed by atoms with Crippen molar-refractivity contribution >= 4 is 22.4 Å². The number of aromatic nitrogens is 4. The molecule has 1 amide bonds. The quantitative estimate of drug-likeness (QED) is 0.439. The van der Waals surface area contributed by atoms with Gasteiger partial charge in [-0.25, -0.2) is 4.98 Å². The average molecular weight is 457 g/mol. The molecule has 0 radical (unpaired) electrons. The van der Waals surface area contributed by atoms with Gasteiger partial charge in [-0.3, -0.25) is 19.8 Å². The third-order valence-corrected chi connectivity index (χ3v) is 5.63. The topological polar surface area (TPSA) is 72.7 Å². The second-order valence-electron chi connectivity index (χ2n) is 7.11. The number of benzene rings is 1. The van der Waals surface area contributed by atoms with Crippen LogP contribution in [0, 0.1) is 13.8 Å². The van der Waals surface area contributed by atoms with Gasteiger partial charge in [0.2, 0.25) is 0 Å². The zero-order chi connectivity index (χ0) is 22.9. The van der Waals surface area contributed by atoms with Gasteiger partial charge in [0.05, 0.1) is 29.1 Å². The van der Waals surface area contributed by atoms with E-state index in [0.717, 1.165) is 12.1 Å². The Hall–Kier alpha value is -3.53. The maximum absolute atomic E-state index is 12.9. The van der Waals surface area contributed by atoms with Crippen LogP contribution in [0.4, 0.5) is 18.3 Å². The fourth-order valence-corrected chi connectivity index (χ4v) is 3.97. The molecule has 0 atom stereocenters. The summed E-state index contributed by atoms with van der Waals surface area (Å²) in [6, 6.07) is 10.4. The van der Waals surface area contributed by atoms with Gasteiger partial charge in [-0.15, -0.1) is 11.3 Å². The van der Waals surface area contributed by atoms with E-state index in [2.05, 4.69) is 20.4 Å². The molecule has 3 aromatic heterocycles. The summed E-state index contributed by atoms with van der Waals surface area (Å²) < 4.78 is 39.9. The Bertz CT molecular complexity index is 1250. The second kappa shape index (κ2) is 8.54. The van der Waals surface area contributed by atoms with E-state index in [1.54, 1.807) is 24.7 Å². The van der Waals surface area contributed by atoms with Crippen LogP contribution in [0.25, 0.3) is 11.4 Å². The molecule has 1 N–H and O–H groups in total. The number of anilines is 1. The molecule has 0 saturated heterocycles. The first-order valence-electron chi connectivity index (χ1n) is 9.61. The van der Waals surface area contributed by atoms with E-state index in [-0.39, 0.29) is 12.5 Å². The van der Waals surface area contributed by atoms with E-state index in [0.29, 0.717) is 39.0 Å². The molecule has 4 aromatic rings. The third kappa shape index (κ3) is 4.54. The molecule has 1 aromatic carbocycles. The second-order valence-corrected chi connectivity index (χ2v) is 7.96. The molecule has 10 heteroatoms. The van der Waals surface area contributed by atoms with E-state index in [9.17, 15) is 18.0 Å². The minimum absolute atomic E-state index is 0.249. The molecule has 0 saturated carbocycles. The summed E-state index contributed by atoms with van der Waals surface area (Å²) in [6.07, 6.45) is -2.71. The van der Waals surface area contributed by atoms with Crippen LogP contribution in [-0.4, -0.2) is 25.7 Å². The molecule has 0 aliphatic rings. The maximum atomic E-state index is 12.9. The first-order valence-corrected chi connectivity index (χ1v) is 10.5. The van der Waals surface area contributed by atoms with Gasteiger partial charge in [0.25, 0.3) is 5.91 Å². The molecule has 0 bridgehead atoms. The number of nitrogens with zero attached hydrogens (tertiary/aromatic N) is 4. The van der Waals surface area contributed by atoms with E-state index < -0.39 is 11.7 Å². The molecule has 6 nitrogen and oxygen atoms in total. The number of pyridine rings is 1. The van der Waals surface area contributed by atoms with Crippen LogP contribution in [0.5, 0.6) is 0 Å². The Morgan fingerprint density at radius 1 is 1.09 bits per heavy atom. The van der Waals surface area contributed by atoms with Crippen molar-refractivity contribution in [2.45, 2.75) is 26.6 Å². The van der Waals surface area contributed by atoms with Gasteiger partial charge in [-0.05, 0) is 43.7 Å². The molecule has 0 spiro atoms.